The maximum atomic E-state index is 12.1. The second-order valence-corrected chi connectivity index (χ2v) is 3.86. The van der Waals surface area contributed by atoms with Crippen molar-refractivity contribution in [1.29, 1.82) is 0 Å². The summed E-state index contributed by atoms with van der Waals surface area (Å²) < 4.78 is 4.86. The Kier molecular flexibility index (Phi) is 5.26. The number of hydrogen-bond acceptors (Lipinski definition) is 4. The standard InChI is InChI=1S/C12H16N2O4/c1-9-5-10(7-13-6-9)12(17)14(3-4-18-2)8-11(15)16/h5-7H,3-4,8H2,1-2H3,(H,15,16). The van der Waals surface area contributed by atoms with E-state index in [2.05, 4.69) is 4.98 Å². The fourth-order valence-corrected chi connectivity index (χ4v) is 1.47. The highest BCUT2D eigenvalue weighted by Crippen LogP contribution is 2.06. The molecule has 0 spiro atoms. The second kappa shape index (κ2) is 6.70. The van der Waals surface area contributed by atoms with Crippen molar-refractivity contribution in [1.82, 2.24) is 9.88 Å². The van der Waals surface area contributed by atoms with Crippen LogP contribution in [0.5, 0.6) is 0 Å². The summed E-state index contributed by atoms with van der Waals surface area (Å²) in [5.41, 5.74) is 1.23. The Morgan fingerprint density at radius 3 is 2.72 bits per heavy atom. The molecule has 0 fully saturated rings. The van der Waals surface area contributed by atoms with E-state index >= 15 is 0 Å². The fourth-order valence-electron chi connectivity index (χ4n) is 1.47. The van der Waals surface area contributed by atoms with Crippen LogP contribution in [0, 0.1) is 6.92 Å². The average molecular weight is 252 g/mol. The van der Waals surface area contributed by atoms with Crippen LogP contribution in [0.1, 0.15) is 15.9 Å². The Morgan fingerprint density at radius 2 is 2.17 bits per heavy atom. The lowest BCUT2D eigenvalue weighted by Gasteiger charge is -2.20. The van der Waals surface area contributed by atoms with E-state index in [9.17, 15) is 9.59 Å². The van der Waals surface area contributed by atoms with Gasteiger partial charge < -0.3 is 14.7 Å². The van der Waals surface area contributed by atoms with Gasteiger partial charge in [0.05, 0.1) is 12.2 Å². The van der Waals surface area contributed by atoms with E-state index in [1.807, 2.05) is 6.92 Å². The van der Waals surface area contributed by atoms with Gasteiger partial charge in [-0.3, -0.25) is 14.6 Å². The van der Waals surface area contributed by atoms with Crippen LogP contribution in [0.25, 0.3) is 0 Å². The molecule has 1 N–H and O–H groups in total. The lowest BCUT2D eigenvalue weighted by atomic mass is 10.2. The SMILES string of the molecule is COCCN(CC(=O)O)C(=O)c1cncc(C)c1. The summed E-state index contributed by atoms with van der Waals surface area (Å²) in [6.45, 7) is 1.99. The molecule has 6 nitrogen and oxygen atoms in total. The zero-order valence-corrected chi connectivity index (χ0v) is 10.4. The van der Waals surface area contributed by atoms with Gasteiger partial charge in [0.2, 0.25) is 0 Å². The van der Waals surface area contributed by atoms with E-state index in [-0.39, 0.29) is 25.6 Å². The number of aryl methyl sites for hydroxylation is 1. The number of nitrogens with zero attached hydrogens (tertiary/aromatic N) is 2. The number of rotatable bonds is 6. The Labute approximate surface area is 105 Å². The Hall–Kier alpha value is -1.95. The van der Waals surface area contributed by atoms with Crippen LogP contribution in [0.2, 0.25) is 0 Å². The molecule has 1 aromatic heterocycles. The number of carboxylic acid groups (broad SMARTS) is 1. The van der Waals surface area contributed by atoms with Crippen LogP contribution in [-0.2, 0) is 9.53 Å². The lowest BCUT2D eigenvalue weighted by Crippen LogP contribution is -2.38. The first-order valence-corrected chi connectivity index (χ1v) is 5.46. The van der Waals surface area contributed by atoms with Crippen LogP contribution in [0.3, 0.4) is 0 Å². The predicted octanol–water partition coefficient (Wildman–Crippen LogP) is 0.563. The normalized spacial score (nSPS) is 10.1. The van der Waals surface area contributed by atoms with Crippen molar-refractivity contribution in [3.63, 3.8) is 0 Å². The van der Waals surface area contributed by atoms with Crippen LogP contribution in [0.15, 0.2) is 18.5 Å². The maximum absolute atomic E-state index is 12.1. The van der Waals surface area contributed by atoms with Crippen molar-refractivity contribution in [3.8, 4) is 0 Å². The molecule has 0 bridgehead atoms. The van der Waals surface area contributed by atoms with E-state index in [4.69, 9.17) is 9.84 Å². The number of methoxy groups -OCH3 is 1. The van der Waals surface area contributed by atoms with Gasteiger partial charge in [0.25, 0.3) is 5.91 Å². The van der Waals surface area contributed by atoms with Gasteiger partial charge in [-0.2, -0.15) is 0 Å². The molecule has 0 saturated carbocycles. The number of carbonyl (C=O) groups excluding carboxylic acids is 1. The van der Waals surface area contributed by atoms with Crippen molar-refractivity contribution >= 4 is 11.9 Å². The van der Waals surface area contributed by atoms with Gasteiger partial charge in [0, 0.05) is 26.0 Å². The Morgan fingerprint density at radius 1 is 1.44 bits per heavy atom. The third-order valence-corrected chi connectivity index (χ3v) is 2.30. The Balaban J connectivity index is 2.83. The molecule has 0 atom stereocenters. The van der Waals surface area contributed by atoms with Crippen LogP contribution < -0.4 is 0 Å². The molecule has 0 unspecified atom stereocenters. The zero-order chi connectivity index (χ0) is 13.5. The summed E-state index contributed by atoms with van der Waals surface area (Å²) in [5, 5.41) is 8.78. The number of ether oxygens (including phenoxy) is 1. The van der Waals surface area contributed by atoms with Crippen molar-refractivity contribution in [3.05, 3.63) is 29.6 Å². The van der Waals surface area contributed by atoms with E-state index in [0.717, 1.165) is 5.56 Å². The Bertz CT molecular complexity index is 434. The summed E-state index contributed by atoms with van der Waals surface area (Å²) in [7, 11) is 1.50. The molecule has 98 valence electrons. The first-order chi connectivity index (χ1) is 8.54. The van der Waals surface area contributed by atoms with Gasteiger partial charge in [-0.1, -0.05) is 0 Å². The molecule has 0 saturated heterocycles. The molecule has 1 amide bonds. The smallest absolute Gasteiger partial charge is 0.323 e. The molecule has 6 heteroatoms. The van der Waals surface area contributed by atoms with Gasteiger partial charge in [-0.05, 0) is 18.6 Å². The largest absolute Gasteiger partial charge is 0.480 e. The van der Waals surface area contributed by atoms with Gasteiger partial charge in [0.1, 0.15) is 6.54 Å². The summed E-state index contributed by atoms with van der Waals surface area (Å²) in [4.78, 5) is 28.0. The molecule has 0 aromatic carbocycles. The third kappa shape index (κ3) is 4.14. The molecule has 1 heterocycles. The van der Waals surface area contributed by atoms with Crippen molar-refractivity contribution in [2.75, 3.05) is 26.8 Å². The minimum absolute atomic E-state index is 0.232. The third-order valence-electron chi connectivity index (χ3n) is 2.30. The quantitative estimate of drug-likeness (QED) is 0.800. The number of aliphatic carboxylic acids is 1. The van der Waals surface area contributed by atoms with Crippen molar-refractivity contribution in [2.45, 2.75) is 6.92 Å². The number of carbonyl (C=O) groups is 2. The average Bonchev–Trinajstić information content (AvgIpc) is 2.33. The molecule has 0 aliphatic rings. The number of pyridine rings is 1. The van der Waals surface area contributed by atoms with Gasteiger partial charge in [0.15, 0.2) is 0 Å². The fraction of sp³-hybridized carbons (Fsp3) is 0.417. The minimum Gasteiger partial charge on any atom is -0.480 e. The zero-order valence-electron chi connectivity index (χ0n) is 10.4. The number of carboxylic acids is 1. The maximum Gasteiger partial charge on any atom is 0.323 e. The minimum atomic E-state index is -1.06. The van der Waals surface area contributed by atoms with Crippen LogP contribution in [0.4, 0.5) is 0 Å². The molecule has 18 heavy (non-hydrogen) atoms. The van der Waals surface area contributed by atoms with E-state index in [0.29, 0.717) is 5.56 Å². The first kappa shape index (κ1) is 14.1. The molecule has 0 aliphatic heterocycles. The highest BCUT2D eigenvalue weighted by Gasteiger charge is 2.18. The molecular weight excluding hydrogens is 236 g/mol. The van der Waals surface area contributed by atoms with Crippen molar-refractivity contribution < 1.29 is 19.4 Å². The van der Waals surface area contributed by atoms with Gasteiger partial charge in [-0.25, -0.2) is 0 Å². The number of amides is 1. The molecule has 1 rings (SSSR count). The molecule has 0 radical (unpaired) electrons. The van der Waals surface area contributed by atoms with Crippen LogP contribution >= 0.6 is 0 Å². The van der Waals surface area contributed by atoms with E-state index in [1.165, 1.54) is 18.2 Å². The van der Waals surface area contributed by atoms with E-state index in [1.54, 1.807) is 12.3 Å². The number of hydrogen-bond donors (Lipinski definition) is 1. The van der Waals surface area contributed by atoms with E-state index < -0.39 is 5.97 Å². The topological polar surface area (TPSA) is 79.7 Å². The summed E-state index contributed by atoms with van der Waals surface area (Å²) >= 11 is 0. The highest BCUT2D eigenvalue weighted by molar-refractivity contribution is 5.95. The van der Waals surface area contributed by atoms with Gasteiger partial charge >= 0.3 is 5.97 Å². The van der Waals surface area contributed by atoms with Crippen molar-refractivity contribution in [2.24, 2.45) is 0 Å². The predicted molar refractivity (Wildman–Crippen MR) is 64.4 cm³/mol. The summed E-state index contributed by atoms with van der Waals surface area (Å²) in [6.07, 6.45) is 3.06. The van der Waals surface area contributed by atoms with Gasteiger partial charge in [-0.15, -0.1) is 0 Å². The molecule has 0 aliphatic carbocycles. The van der Waals surface area contributed by atoms with Crippen LogP contribution in [-0.4, -0.2) is 53.7 Å². The monoisotopic (exact) mass is 252 g/mol. The highest BCUT2D eigenvalue weighted by atomic mass is 16.5. The lowest BCUT2D eigenvalue weighted by molar-refractivity contribution is -0.137. The molecular formula is C12H16N2O4. The summed E-state index contributed by atoms with van der Waals surface area (Å²) in [5.74, 6) is -1.41. The summed E-state index contributed by atoms with van der Waals surface area (Å²) in [6, 6.07) is 1.68. The number of aromatic nitrogens is 1. The second-order valence-electron chi connectivity index (χ2n) is 3.86. The molecule has 1 aromatic rings. The first-order valence-electron chi connectivity index (χ1n) is 5.46.